The van der Waals surface area contributed by atoms with Crippen LogP contribution < -0.4 is 5.32 Å². The van der Waals surface area contributed by atoms with E-state index in [1.807, 2.05) is 6.07 Å². The summed E-state index contributed by atoms with van der Waals surface area (Å²) in [5.74, 6) is 1.52. The third-order valence-electron chi connectivity index (χ3n) is 3.69. The molecule has 1 N–H and O–H groups in total. The van der Waals surface area contributed by atoms with Crippen LogP contribution in [0.5, 0.6) is 0 Å². The molecule has 1 heterocycles. The van der Waals surface area contributed by atoms with E-state index in [0.29, 0.717) is 11.8 Å². The summed E-state index contributed by atoms with van der Waals surface area (Å²) >= 11 is 0. The average molecular weight is 263 g/mol. The van der Waals surface area contributed by atoms with Gasteiger partial charge >= 0.3 is 0 Å². The van der Waals surface area contributed by atoms with Gasteiger partial charge in [0.05, 0.1) is 0 Å². The van der Waals surface area contributed by atoms with Gasteiger partial charge in [-0.1, -0.05) is 20.8 Å². The Hall–Kier alpha value is -1.35. The molecule has 2 nitrogen and oxygen atoms in total. The summed E-state index contributed by atoms with van der Waals surface area (Å²) in [5.41, 5.74) is 0.761. The monoisotopic (exact) mass is 263 g/mol. The van der Waals surface area contributed by atoms with E-state index in [2.05, 4.69) is 26.1 Å². The molecule has 1 aromatic heterocycles. The molecule has 0 bridgehead atoms. The van der Waals surface area contributed by atoms with Crippen LogP contribution in [0.2, 0.25) is 0 Å². The molecule has 3 heteroatoms. The molecule has 0 saturated heterocycles. The Kier molecular flexibility index (Phi) is 4.59. The van der Waals surface area contributed by atoms with Crippen LogP contribution >= 0.6 is 0 Å². The van der Waals surface area contributed by atoms with Crippen molar-refractivity contribution in [3.63, 3.8) is 0 Å². The van der Waals surface area contributed by atoms with E-state index in [4.69, 9.17) is 4.42 Å². The molecule has 0 amide bonds. The third kappa shape index (κ3) is 3.35. The second-order valence-corrected chi connectivity index (χ2v) is 5.30. The Morgan fingerprint density at radius 3 is 2.79 bits per heavy atom. The van der Waals surface area contributed by atoms with Crippen molar-refractivity contribution in [2.24, 2.45) is 5.92 Å². The summed E-state index contributed by atoms with van der Waals surface area (Å²) in [6.07, 6.45) is 1.14. The van der Waals surface area contributed by atoms with Crippen molar-refractivity contribution in [1.82, 2.24) is 5.32 Å². The van der Waals surface area contributed by atoms with Gasteiger partial charge in [-0.3, -0.25) is 0 Å². The van der Waals surface area contributed by atoms with Gasteiger partial charge in [0, 0.05) is 11.3 Å². The number of benzene rings is 1. The molecule has 1 aromatic carbocycles. The van der Waals surface area contributed by atoms with E-state index in [-0.39, 0.29) is 5.82 Å². The number of nitrogens with one attached hydrogen (secondary N) is 1. The zero-order chi connectivity index (χ0) is 13.8. The molecular formula is C16H22FNO. The van der Waals surface area contributed by atoms with Gasteiger partial charge in [0.1, 0.15) is 17.2 Å². The van der Waals surface area contributed by atoms with E-state index in [1.165, 1.54) is 12.1 Å². The van der Waals surface area contributed by atoms with Crippen molar-refractivity contribution in [3.05, 3.63) is 35.8 Å². The lowest BCUT2D eigenvalue weighted by atomic mass is 9.93. The van der Waals surface area contributed by atoms with Crippen molar-refractivity contribution in [2.45, 2.75) is 33.1 Å². The van der Waals surface area contributed by atoms with Gasteiger partial charge in [0.15, 0.2) is 0 Å². The van der Waals surface area contributed by atoms with Crippen LogP contribution in [0.1, 0.15) is 38.9 Å². The fourth-order valence-corrected chi connectivity index (χ4v) is 2.22. The highest BCUT2D eigenvalue weighted by Crippen LogP contribution is 2.29. The lowest BCUT2D eigenvalue weighted by molar-refractivity contribution is 0.391. The molecule has 0 spiro atoms. The number of fused-ring (bicyclic) bond motifs is 1. The van der Waals surface area contributed by atoms with Gasteiger partial charge in [-0.15, -0.1) is 0 Å². The lowest BCUT2D eigenvalue weighted by Crippen LogP contribution is -2.24. The molecule has 2 unspecified atom stereocenters. The largest absolute Gasteiger partial charge is 0.461 e. The standard InChI is InChI=1S/C16H22FNO/c1-4-7-18-10-11(2)12(3)16-9-13-8-14(17)5-6-15(13)19-16/h5-6,8-9,11-12,18H,4,7,10H2,1-3H3. The first-order chi connectivity index (χ1) is 9.11. The summed E-state index contributed by atoms with van der Waals surface area (Å²) in [6, 6.07) is 6.61. The maximum absolute atomic E-state index is 13.2. The Morgan fingerprint density at radius 1 is 1.26 bits per heavy atom. The van der Waals surface area contributed by atoms with Crippen molar-refractivity contribution in [1.29, 1.82) is 0 Å². The third-order valence-corrected chi connectivity index (χ3v) is 3.69. The predicted molar refractivity (Wildman–Crippen MR) is 76.9 cm³/mol. The second kappa shape index (κ2) is 6.20. The Bertz CT molecular complexity index is 535. The first kappa shape index (κ1) is 14.1. The fraction of sp³-hybridized carbons (Fsp3) is 0.500. The number of halogens is 1. The Labute approximate surface area is 114 Å². The van der Waals surface area contributed by atoms with Crippen molar-refractivity contribution in [2.75, 3.05) is 13.1 Å². The SMILES string of the molecule is CCCNCC(C)C(C)c1cc2cc(F)ccc2o1. The molecule has 19 heavy (non-hydrogen) atoms. The van der Waals surface area contributed by atoms with Gasteiger partial charge < -0.3 is 9.73 Å². The summed E-state index contributed by atoms with van der Waals surface area (Å²) in [5, 5.41) is 4.27. The summed E-state index contributed by atoms with van der Waals surface area (Å²) < 4.78 is 19.0. The molecule has 2 rings (SSSR count). The molecule has 2 aromatic rings. The van der Waals surface area contributed by atoms with Crippen LogP contribution in [0.3, 0.4) is 0 Å². The molecule has 0 fully saturated rings. The van der Waals surface area contributed by atoms with Crippen molar-refractivity contribution in [3.8, 4) is 0 Å². The van der Waals surface area contributed by atoms with Gasteiger partial charge in [-0.05, 0) is 49.7 Å². The van der Waals surface area contributed by atoms with Crippen LogP contribution in [0.25, 0.3) is 11.0 Å². The van der Waals surface area contributed by atoms with Gasteiger partial charge in [0.25, 0.3) is 0 Å². The summed E-state index contributed by atoms with van der Waals surface area (Å²) in [4.78, 5) is 0. The zero-order valence-corrected chi connectivity index (χ0v) is 11.9. The molecule has 104 valence electrons. The van der Waals surface area contributed by atoms with Crippen LogP contribution in [0.4, 0.5) is 4.39 Å². The predicted octanol–water partition coefficient (Wildman–Crippen LogP) is 4.31. The highest BCUT2D eigenvalue weighted by molar-refractivity contribution is 5.78. The van der Waals surface area contributed by atoms with Gasteiger partial charge in [0.2, 0.25) is 0 Å². The van der Waals surface area contributed by atoms with Crippen LogP contribution in [-0.4, -0.2) is 13.1 Å². The maximum atomic E-state index is 13.2. The van der Waals surface area contributed by atoms with Gasteiger partial charge in [-0.2, -0.15) is 0 Å². The minimum Gasteiger partial charge on any atom is -0.461 e. The normalized spacial score (nSPS) is 14.7. The quantitative estimate of drug-likeness (QED) is 0.786. The lowest BCUT2D eigenvalue weighted by Gasteiger charge is -2.18. The molecular weight excluding hydrogens is 241 g/mol. The highest BCUT2D eigenvalue weighted by Gasteiger charge is 2.18. The van der Waals surface area contributed by atoms with E-state index >= 15 is 0 Å². The highest BCUT2D eigenvalue weighted by atomic mass is 19.1. The van der Waals surface area contributed by atoms with E-state index in [0.717, 1.165) is 36.2 Å². The second-order valence-electron chi connectivity index (χ2n) is 5.30. The maximum Gasteiger partial charge on any atom is 0.134 e. The fourth-order valence-electron chi connectivity index (χ4n) is 2.22. The number of hydrogen-bond donors (Lipinski definition) is 1. The van der Waals surface area contributed by atoms with Gasteiger partial charge in [-0.25, -0.2) is 4.39 Å². The minimum atomic E-state index is -0.217. The molecule has 0 radical (unpaired) electrons. The van der Waals surface area contributed by atoms with Crippen molar-refractivity contribution < 1.29 is 8.81 Å². The van der Waals surface area contributed by atoms with Crippen LogP contribution in [-0.2, 0) is 0 Å². The molecule has 0 saturated carbocycles. The topological polar surface area (TPSA) is 25.2 Å². The molecule has 0 aliphatic carbocycles. The Balaban J connectivity index is 2.10. The van der Waals surface area contributed by atoms with E-state index < -0.39 is 0 Å². The summed E-state index contributed by atoms with van der Waals surface area (Å²) in [6.45, 7) is 8.55. The minimum absolute atomic E-state index is 0.217. The summed E-state index contributed by atoms with van der Waals surface area (Å²) in [7, 11) is 0. The van der Waals surface area contributed by atoms with Crippen LogP contribution in [0, 0.1) is 11.7 Å². The van der Waals surface area contributed by atoms with E-state index in [9.17, 15) is 4.39 Å². The first-order valence-corrected chi connectivity index (χ1v) is 7.01. The molecule has 2 atom stereocenters. The number of hydrogen-bond acceptors (Lipinski definition) is 2. The average Bonchev–Trinajstić information content (AvgIpc) is 2.80. The smallest absolute Gasteiger partial charge is 0.134 e. The van der Waals surface area contributed by atoms with E-state index in [1.54, 1.807) is 6.07 Å². The Morgan fingerprint density at radius 2 is 2.05 bits per heavy atom. The van der Waals surface area contributed by atoms with Crippen LogP contribution in [0.15, 0.2) is 28.7 Å². The molecule has 0 aliphatic heterocycles. The number of furan rings is 1. The number of rotatable bonds is 6. The van der Waals surface area contributed by atoms with Crippen molar-refractivity contribution >= 4 is 11.0 Å². The first-order valence-electron chi connectivity index (χ1n) is 7.01. The molecule has 0 aliphatic rings. The zero-order valence-electron chi connectivity index (χ0n) is 11.9.